The number of ether oxygens (including phenoxy) is 1. The lowest BCUT2D eigenvalue weighted by molar-refractivity contribution is 0.398. The minimum absolute atomic E-state index is 0.184. The summed E-state index contributed by atoms with van der Waals surface area (Å²) in [5.74, 6) is 1.26. The summed E-state index contributed by atoms with van der Waals surface area (Å²) in [6.07, 6.45) is 2.89. The molecule has 7 nitrogen and oxygen atoms in total. The number of aryl methyl sites for hydroxylation is 2. The molecule has 0 spiro atoms. The standard InChI is InChI=1S/C12H18N6O/c1-4-9-8(7-18(2)17-9)6-14-10-5-11(19-3)16-12(13)15-10/h5,7H,4,6H2,1-3H3,(H3,13,14,15,16). The molecule has 2 rings (SSSR count). The van der Waals surface area contributed by atoms with E-state index < -0.39 is 0 Å². The molecule has 3 N–H and O–H groups in total. The Balaban J connectivity index is 2.11. The molecule has 0 aliphatic rings. The van der Waals surface area contributed by atoms with Gasteiger partial charge in [-0.1, -0.05) is 6.92 Å². The summed E-state index contributed by atoms with van der Waals surface area (Å²) in [7, 11) is 3.45. The first-order valence-corrected chi connectivity index (χ1v) is 6.06. The molecule has 0 atom stereocenters. The molecule has 0 amide bonds. The van der Waals surface area contributed by atoms with Crippen LogP contribution in [0.1, 0.15) is 18.2 Å². The first-order valence-electron chi connectivity index (χ1n) is 6.06. The number of nitrogen functional groups attached to an aromatic ring is 1. The van der Waals surface area contributed by atoms with Crippen molar-refractivity contribution >= 4 is 11.8 Å². The normalized spacial score (nSPS) is 10.5. The highest BCUT2D eigenvalue weighted by Crippen LogP contribution is 2.16. The van der Waals surface area contributed by atoms with Gasteiger partial charge in [0.05, 0.1) is 12.8 Å². The number of aromatic nitrogens is 4. The Morgan fingerprint density at radius 1 is 1.42 bits per heavy atom. The number of nitrogens with one attached hydrogen (secondary N) is 1. The number of anilines is 2. The average Bonchev–Trinajstić information content (AvgIpc) is 2.76. The van der Waals surface area contributed by atoms with Gasteiger partial charge in [0.15, 0.2) is 0 Å². The third kappa shape index (κ3) is 3.12. The van der Waals surface area contributed by atoms with Crippen molar-refractivity contribution in [3.05, 3.63) is 23.5 Å². The maximum atomic E-state index is 5.61. The Hall–Kier alpha value is -2.31. The largest absolute Gasteiger partial charge is 0.481 e. The highest BCUT2D eigenvalue weighted by atomic mass is 16.5. The molecule has 0 unspecified atom stereocenters. The number of methoxy groups -OCH3 is 1. The van der Waals surface area contributed by atoms with Crippen LogP contribution in [0.4, 0.5) is 11.8 Å². The van der Waals surface area contributed by atoms with E-state index in [4.69, 9.17) is 10.5 Å². The maximum absolute atomic E-state index is 5.61. The Bertz CT molecular complexity index is 565. The fourth-order valence-electron chi connectivity index (χ4n) is 1.85. The SMILES string of the molecule is CCc1nn(C)cc1CNc1cc(OC)nc(N)n1. The zero-order valence-electron chi connectivity index (χ0n) is 11.3. The summed E-state index contributed by atoms with van der Waals surface area (Å²) in [5, 5.41) is 7.59. The number of hydrogen-bond donors (Lipinski definition) is 2. The first-order chi connectivity index (χ1) is 9.12. The molecule has 2 aromatic heterocycles. The molecule has 0 aliphatic heterocycles. The van der Waals surface area contributed by atoms with Gasteiger partial charge < -0.3 is 15.8 Å². The fraction of sp³-hybridized carbons (Fsp3) is 0.417. The second-order valence-electron chi connectivity index (χ2n) is 4.14. The van der Waals surface area contributed by atoms with E-state index >= 15 is 0 Å². The number of nitrogens with zero attached hydrogens (tertiary/aromatic N) is 4. The van der Waals surface area contributed by atoms with E-state index in [0.717, 1.165) is 17.7 Å². The molecule has 7 heteroatoms. The number of hydrogen-bond acceptors (Lipinski definition) is 6. The van der Waals surface area contributed by atoms with Crippen molar-refractivity contribution in [3.63, 3.8) is 0 Å². The summed E-state index contributed by atoms with van der Waals surface area (Å²) in [6, 6.07) is 1.71. The molecule has 0 bridgehead atoms. The molecule has 0 saturated heterocycles. The second kappa shape index (κ2) is 5.55. The summed E-state index contributed by atoms with van der Waals surface area (Å²) >= 11 is 0. The third-order valence-electron chi connectivity index (χ3n) is 2.72. The van der Waals surface area contributed by atoms with Crippen LogP contribution in [-0.4, -0.2) is 26.9 Å². The van der Waals surface area contributed by atoms with Crippen molar-refractivity contribution in [1.82, 2.24) is 19.7 Å². The molecule has 0 fully saturated rings. The van der Waals surface area contributed by atoms with Gasteiger partial charge in [-0.3, -0.25) is 4.68 Å². The molecule has 19 heavy (non-hydrogen) atoms. The van der Waals surface area contributed by atoms with Crippen molar-refractivity contribution in [2.75, 3.05) is 18.2 Å². The zero-order chi connectivity index (χ0) is 13.8. The van der Waals surface area contributed by atoms with Crippen LogP contribution < -0.4 is 15.8 Å². The molecule has 0 radical (unpaired) electrons. The molecular weight excluding hydrogens is 244 g/mol. The van der Waals surface area contributed by atoms with E-state index in [9.17, 15) is 0 Å². The van der Waals surface area contributed by atoms with Crippen molar-refractivity contribution in [1.29, 1.82) is 0 Å². The van der Waals surface area contributed by atoms with E-state index in [1.54, 1.807) is 13.2 Å². The second-order valence-corrected chi connectivity index (χ2v) is 4.14. The molecule has 102 valence electrons. The van der Waals surface area contributed by atoms with Crippen LogP contribution in [0.5, 0.6) is 5.88 Å². The molecule has 0 saturated carbocycles. The van der Waals surface area contributed by atoms with Gasteiger partial charge in [-0.15, -0.1) is 0 Å². The van der Waals surface area contributed by atoms with Gasteiger partial charge >= 0.3 is 0 Å². The van der Waals surface area contributed by atoms with Gasteiger partial charge in [0.1, 0.15) is 5.82 Å². The van der Waals surface area contributed by atoms with Crippen LogP contribution in [0.25, 0.3) is 0 Å². The Morgan fingerprint density at radius 2 is 2.21 bits per heavy atom. The summed E-state index contributed by atoms with van der Waals surface area (Å²) in [4.78, 5) is 8.04. The quantitative estimate of drug-likeness (QED) is 0.834. The number of rotatable bonds is 5. The Morgan fingerprint density at radius 3 is 2.89 bits per heavy atom. The Kier molecular flexibility index (Phi) is 3.84. The van der Waals surface area contributed by atoms with E-state index in [0.29, 0.717) is 18.2 Å². The van der Waals surface area contributed by atoms with Gasteiger partial charge in [0, 0.05) is 31.4 Å². The van der Waals surface area contributed by atoms with Crippen LogP contribution in [0.2, 0.25) is 0 Å². The Labute approximate surface area is 111 Å². The van der Waals surface area contributed by atoms with Crippen molar-refractivity contribution in [3.8, 4) is 5.88 Å². The summed E-state index contributed by atoms with van der Waals surface area (Å²) in [5.41, 5.74) is 7.82. The van der Waals surface area contributed by atoms with Gasteiger partial charge in [-0.05, 0) is 6.42 Å². The van der Waals surface area contributed by atoms with Crippen LogP contribution >= 0.6 is 0 Å². The summed E-state index contributed by atoms with van der Waals surface area (Å²) < 4.78 is 6.86. The first kappa shape index (κ1) is 13.1. The lowest BCUT2D eigenvalue weighted by atomic mass is 10.2. The monoisotopic (exact) mass is 262 g/mol. The highest BCUT2D eigenvalue weighted by molar-refractivity contribution is 5.43. The third-order valence-corrected chi connectivity index (χ3v) is 2.72. The van der Waals surface area contributed by atoms with E-state index in [2.05, 4.69) is 27.3 Å². The van der Waals surface area contributed by atoms with Gasteiger partial charge in [0.25, 0.3) is 0 Å². The summed E-state index contributed by atoms with van der Waals surface area (Å²) in [6.45, 7) is 2.72. The zero-order valence-corrected chi connectivity index (χ0v) is 11.3. The van der Waals surface area contributed by atoms with Gasteiger partial charge in [0.2, 0.25) is 11.8 Å². The number of nitrogens with two attached hydrogens (primary N) is 1. The molecule has 0 aromatic carbocycles. The van der Waals surface area contributed by atoms with Crippen molar-refractivity contribution < 1.29 is 4.74 Å². The molecule has 0 aliphatic carbocycles. The van der Waals surface area contributed by atoms with Crippen LogP contribution in [0.3, 0.4) is 0 Å². The van der Waals surface area contributed by atoms with Gasteiger partial charge in [-0.2, -0.15) is 15.1 Å². The van der Waals surface area contributed by atoms with Gasteiger partial charge in [-0.25, -0.2) is 0 Å². The lowest BCUT2D eigenvalue weighted by Gasteiger charge is -2.07. The van der Waals surface area contributed by atoms with E-state index in [1.807, 2.05) is 17.9 Å². The predicted octanol–water partition coefficient (Wildman–Crippen LogP) is 0.975. The van der Waals surface area contributed by atoms with Crippen molar-refractivity contribution in [2.24, 2.45) is 7.05 Å². The molecular formula is C12H18N6O. The minimum Gasteiger partial charge on any atom is -0.481 e. The predicted molar refractivity (Wildman–Crippen MR) is 72.9 cm³/mol. The van der Waals surface area contributed by atoms with Crippen molar-refractivity contribution in [2.45, 2.75) is 19.9 Å². The lowest BCUT2D eigenvalue weighted by Crippen LogP contribution is -2.06. The molecule has 2 aromatic rings. The van der Waals surface area contributed by atoms with Crippen LogP contribution in [0.15, 0.2) is 12.3 Å². The highest BCUT2D eigenvalue weighted by Gasteiger charge is 2.07. The van der Waals surface area contributed by atoms with E-state index in [-0.39, 0.29) is 5.95 Å². The van der Waals surface area contributed by atoms with E-state index in [1.165, 1.54) is 0 Å². The average molecular weight is 262 g/mol. The fourth-order valence-corrected chi connectivity index (χ4v) is 1.85. The van der Waals surface area contributed by atoms with Crippen LogP contribution in [0, 0.1) is 0 Å². The maximum Gasteiger partial charge on any atom is 0.225 e. The molecule has 2 heterocycles. The minimum atomic E-state index is 0.184. The van der Waals surface area contributed by atoms with Crippen LogP contribution in [-0.2, 0) is 20.0 Å². The topological polar surface area (TPSA) is 90.9 Å². The smallest absolute Gasteiger partial charge is 0.225 e.